The van der Waals surface area contributed by atoms with E-state index < -0.39 is 0 Å². The van der Waals surface area contributed by atoms with Gasteiger partial charge < -0.3 is 19.7 Å². The lowest BCUT2D eigenvalue weighted by Gasteiger charge is -2.08. The fraction of sp³-hybridized carbons (Fsp3) is 0.333. The van der Waals surface area contributed by atoms with E-state index in [1.165, 1.54) is 0 Å². The summed E-state index contributed by atoms with van der Waals surface area (Å²) < 4.78 is 11.0. The van der Waals surface area contributed by atoms with Crippen LogP contribution in [0.15, 0.2) is 48.5 Å². The van der Waals surface area contributed by atoms with Crippen molar-refractivity contribution in [1.29, 1.82) is 0 Å². The summed E-state index contributed by atoms with van der Waals surface area (Å²) in [6.45, 7) is 1.19. The van der Waals surface area contributed by atoms with Gasteiger partial charge in [-0.1, -0.05) is 24.3 Å². The summed E-state index contributed by atoms with van der Waals surface area (Å²) in [4.78, 5) is 0. The summed E-state index contributed by atoms with van der Waals surface area (Å²) in [6.07, 6.45) is 3.95. The van der Waals surface area contributed by atoms with Crippen molar-refractivity contribution in [2.45, 2.75) is 25.7 Å². The molecule has 2 aromatic rings. The molecular formula is C18H22O4. The fourth-order valence-corrected chi connectivity index (χ4v) is 2.08. The molecule has 4 heteroatoms. The first-order chi connectivity index (χ1) is 10.8. The van der Waals surface area contributed by atoms with Crippen LogP contribution in [-0.2, 0) is 0 Å². The molecule has 0 atom stereocenters. The van der Waals surface area contributed by atoms with Crippen LogP contribution in [-0.4, -0.2) is 23.4 Å². The van der Waals surface area contributed by atoms with Crippen LogP contribution >= 0.6 is 0 Å². The summed E-state index contributed by atoms with van der Waals surface area (Å²) in [7, 11) is 0. The number of rotatable bonds is 9. The van der Waals surface area contributed by atoms with Crippen molar-refractivity contribution in [3.63, 3.8) is 0 Å². The zero-order valence-electron chi connectivity index (χ0n) is 12.6. The molecule has 0 bridgehead atoms. The number of aromatic hydroxyl groups is 2. The Morgan fingerprint density at radius 2 is 1.00 bits per heavy atom. The third kappa shape index (κ3) is 5.20. The molecule has 2 aromatic carbocycles. The van der Waals surface area contributed by atoms with Gasteiger partial charge in [-0.3, -0.25) is 0 Å². The number of para-hydroxylation sites is 4. The van der Waals surface area contributed by atoms with E-state index in [1.54, 1.807) is 36.4 Å². The third-order valence-corrected chi connectivity index (χ3v) is 3.28. The van der Waals surface area contributed by atoms with E-state index >= 15 is 0 Å². The van der Waals surface area contributed by atoms with Crippen LogP contribution in [0.2, 0.25) is 0 Å². The highest BCUT2D eigenvalue weighted by Gasteiger charge is 2.01. The Balaban J connectivity index is 1.51. The second-order valence-electron chi connectivity index (χ2n) is 5.05. The minimum atomic E-state index is 0.179. The molecule has 0 heterocycles. The quantitative estimate of drug-likeness (QED) is 0.684. The Labute approximate surface area is 130 Å². The summed E-state index contributed by atoms with van der Waals surface area (Å²) in [5.41, 5.74) is 0. The Morgan fingerprint density at radius 3 is 1.41 bits per heavy atom. The number of ether oxygens (including phenoxy) is 2. The highest BCUT2D eigenvalue weighted by Crippen LogP contribution is 2.25. The molecule has 0 spiro atoms. The molecule has 0 radical (unpaired) electrons. The van der Waals surface area contributed by atoms with Gasteiger partial charge in [0.25, 0.3) is 0 Å². The van der Waals surface area contributed by atoms with Gasteiger partial charge in [0.1, 0.15) is 0 Å². The SMILES string of the molecule is Oc1ccccc1OCCCCCCOc1ccccc1O. The Bertz CT molecular complexity index is 517. The van der Waals surface area contributed by atoms with Crippen molar-refractivity contribution in [3.05, 3.63) is 48.5 Å². The van der Waals surface area contributed by atoms with Gasteiger partial charge in [-0.15, -0.1) is 0 Å². The number of unbranched alkanes of at least 4 members (excludes halogenated alkanes) is 3. The van der Waals surface area contributed by atoms with E-state index in [1.807, 2.05) is 12.1 Å². The maximum Gasteiger partial charge on any atom is 0.160 e. The number of phenolic OH excluding ortho intramolecular Hbond substituents is 2. The van der Waals surface area contributed by atoms with Crippen LogP contribution in [0.25, 0.3) is 0 Å². The minimum Gasteiger partial charge on any atom is -0.504 e. The monoisotopic (exact) mass is 302 g/mol. The molecule has 0 unspecified atom stereocenters. The van der Waals surface area contributed by atoms with Crippen LogP contribution in [0.5, 0.6) is 23.0 Å². The first-order valence-corrected chi connectivity index (χ1v) is 7.59. The zero-order chi connectivity index (χ0) is 15.6. The lowest BCUT2D eigenvalue weighted by Crippen LogP contribution is -2.00. The van der Waals surface area contributed by atoms with Crippen molar-refractivity contribution in [2.75, 3.05) is 13.2 Å². The standard InChI is InChI=1S/C18H22O4/c19-15-9-3-5-11-17(15)21-13-7-1-2-8-14-22-18-12-6-4-10-16(18)20/h3-6,9-12,19-20H,1-2,7-8,13-14H2. The zero-order valence-corrected chi connectivity index (χ0v) is 12.6. The molecule has 22 heavy (non-hydrogen) atoms. The lowest BCUT2D eigenvalue weighted by molar-refractivity contribution is 0.274. The normalized spacial score (nSPS) is 10.4. The molecule has 0 aliphatic carbocycles. The highest BCUT2D eigenvalue weighted by molar-refractivity contribution is 5.38. The molecule has 0 aromatic heterocycles. The van der Waals surface area contributed by atoms with Crippen LogP contribution in [0.3, 0.4) is 0 Å². The van der Waals surface area contributed by atoms with Crippen LogP contribution in [0.1, 0.15) is 25.7 Å². The van der Waals surface area contributed by atoms with E-state index in [0.29, 0.717) is 24.7 Å². The summed E-state index contributed by atoms with van der Waals surface area (Å²) >= 11 is 0. The van der Waals surface area contributed by atoms with Crippen molar-refractivity contribution < 1.29 is 19.7 Å². The molecule has 2 rings (SSSR count). The van der Waals surface area contributed by atoms with Gasteiger partial charge in [0.15, 0.2) is 23.0 Å². The van der Waals surface area contributed by atoms with Crippen LogP contribution < -0.4 is 9.47 Å². The predicted octanol–water partition coefficient (Wildman–Crippen LogP) is 4.12. The van der Waals surface area contributed by atoms with E-state index in [9.17, 15) is 10.2 Å². The highest BCUT2D eigenvalue weighted by atomic mass is 16.5. The van der Waals surface area contributed by atoms with Crippen molar-refractivity contribution in [2.24, 2.45) is 0 Å². The third-order valence-electron chi connectivity index (χ3n) is 3.28. The maximum absolute atomic E-state index is 9.55. The Morgan fingerprint density at radius 1 is 0.591 bits per heavy atom. The van der Waals surface area contributed by atoms with Gasteiger partial charge in [-0.2, -0.15) is 0 Å². The fourth-order valence-electron chi connectivity index (χ4n) is 2.08. The minimum absolute atomic E-state index is 0.179. The van der Waals surface area contributed by atoms with Crippen molar-refractivity contribution in [3.8, 4) is 23.0 Å². The summed E-state index contributed by atoms with van der Waals surface area (Å²) in [6, 6.07) is 14.0. The number of hydrogen-bond donors (Lipinski definition) is 2. The van der Waals surface area contributed by atoms with E-state index in [2.05, 4.69) is 0 Å². The number of hydrogen-bond acceptors (Lipinski definition) is 4. The van der Waals surface area contributed by atoms with Crippen molar-refractivity contribution in [1.82, 2.24) is 0 Å². The topological polar surface area (TPSA) is 58.9 Å². The predicted molar refractivity (Wildman–Crippen MR) is 85.7 cm³/mol. The summed E-state index contributed by atoms with van der Waals surface area (Å²) in [5, 5.41) is 19.1. The molecule has 0 saturated heterocycles. The largest absolute Gasteiger partial charge is 0.504 e. The van der Waals surface area contributed by atoms with Gasteiger partial charge in [0, 0.05) is 0 Å². The van der Waals surface area contributed by atoms with Gasteiger partial charge in [0.05, 0.1) is 13.2 Å². The number of benzene rings is 2. The van der Waals surface area contributed by atoms with Crippen LogP contribution in [0.4, 0.5) is 0 Å². The average molecular weight is 302 g/mol. The van der Waals surface area contributed by atoms with Gasteiger partial charge in [-0.25, -0.2) is 0 Å². The first kappa shape index (κ1) is 16.0. The molecular weight excluding hydrogens is 280 g/mol. The van der Waals surface area contributed by atoms with Crippen molar-refractivity contribution >= 4 is 0 Å². The van der Waals surface area contributed by atoms with Gasteiger partial charge in [0.2, 0.25) is 0 Å². The Hall–Kier alpha value is -2.36. The molecule has 0 saturated carbocycles. The van der Waals surface area contributed by atoms with E-state index in [4.69, 9.17) is 9.47 Å². The number of phenols is 2. The second kappa shape index (κ2) is 8.82. The van der Waals surface area contributed by atoms with E-state index in [-0.39, 0.29) is 11.5 Å². The molecule has 118 valence electrons. The van der Waals surface area contributed by atoms with Gasteiger partial charge in [-0.05, 0) is 49.9 Å². The molecule has 2 N–H and O–H groups in total. The first-order valence-electron chi connectivity index (χ1n) is 7.59. The van der Waals surface area contributed by atoms with E-state index in [0.717, 1.165) is 25.7 Å². The lowest BCUT2D eigenvalue weighted by atomic mass is 10.2. The Kier molecular flexibility index (Phi) is 6.42. The molecule has 0 aliphatic rings. The average Bonchev–Trinajstić information content (AvgIpc) is 2.53. The second-order valence-corrected chi connectivity index (χ2v) is 5.05. The summed E-state index contributed by atoms with van der Waals surface area (Å²) in [5.74, 6) is 1.42. The van der Waals surface area contributed by atoms with Gasteiger partial charge >= 0.3 is 0 Å². The molecule has 0 aliphatic heterocycles. The smallest absolute Gasteiger partial charge is 0.160 e. The molecule has 4 nitrogen and oxygen atoms in total. The van der Waals surface area contributed by atoms with Crippen LogP contribution in [0, 0.1) is 0 Å². The molecule has 0 fully saturated rings. The maximum atomic E-state index is 9.55. The molecule has 0 amide bonds.